The molecule has 0 aliphatic heterocycles. The third-order valence-electron chi connectivity index (χ3n) is 6.51. The molecule has 134 valence electrons. The Kier molecular flexibility index (Phi) is 7.04. The van der Waals surface area contributed by atoms with Gasteiger partial charge in [0.2, 0.25) is 0 Å². The highest BCUT2D eigenvalue weighted by Crippen LogP contribution is 2.40. The molecule has 2 fully saturated rings. The molecule has 2 saturated carbocycles. The van der Waals surface area contributed by atoms with Crippen LogP contribution in [0, 0.1) is 34.5 Å². The van der Waals surface area contributed by atoms with Gasteiger partial charge >= 0.3 is 0 Å². The zero-order chi connectivity index (χ0) is 17.8. The van der Waals surface area contributed by atoms with E-state index in [9.17, 15) is 9.59 Å². The highest BCUT2D eigenvalue weighted by Gasteiger charge is 2.40. The molecule has 0 radical (unpaired) electrons. The summed E-state index contributed by atoms with van der Waals surface area (Å²) in [4.78, 5) is 22.4. The van der Waals surface area contributed by atoms with Crippen LogP contribution in [0.5, 0.6) is 0 Å². The van der Waals surface area contributed by atoms with E-state index in [0.29, 0.717) is 23.5 Å². The minimum absolute atomic E-state index is 0.0961. The second-order valence-corrected chi connectivity index (χ2v) is 9.39. The predicted octanol–water partition coefficient (Wildman–Crippen LogP) is 5.69. The number of hydrogen-bond acceptors (Lipinski definition) is 2. The maximum absolute atomic E-state index is 11.7. The molecule has 2 heteroatoms. The van der Waals surface area contributed by atoms with Crippen LogP contribution in [0.15, 0.2) is 0 Å². The molecular formula is C21H38O2. The second kappa shape index (κ2) is 7.94. The summed E-state index contributed by atoms with van der Waals surface area (Å²) in [6.07, 6.45) is 8.80. The summed E-state index contributed by atoms with van der Waals surface area (Å²) in [5, 5.41) is 0. The number of carbonyl (C=O) groups excluding carboxylic acids is 2. The molecule has 0 heterocycles. The van der Waals surface area contributed by atoms with E-state index in [4.69, 9.17) is 0 Å². The SMILES string of the molecule is CC(C)C(C)(C)C(=O)C1CC1.C[C@@H](CC1CCC1)C(C)(C)C=O. The molecule has 1 atom stereocenters. The lowest BCUT2D eigenvalue weighted by atomic mass is 9.71. The van der Waals surface area contributed by atoms with Crippen molar-refractivity contribution in [3.05, 3.63) is 0 Å². The van der Waals surface area contributed by atoms with E-state index in [2.05, 4.69) is 34.6 Å². The first-order chi connectivity index (χ1) is 10.5. The standard InChI is InChI=1S/C11H20O.C10H18O/c1-9(11(2,3)8-12)7-10-5-4-6-10;1-7(2)10(3,4)9(11)8-5-6-8/h8-10H,4-7H2,1-3H3;7-8H,5-6H2,1-4H3/t9-;/m0./s1. The van der Waals surface area contributed by atoms with Gasteiger partial charge in [0.05, 0.1) is 0 Å². The van der Waals surface area contributed by atoms with Gasteiger partial charge in [-0.25, -0.2) is 0 Å². The van der Waals surface area contributed by atoms with Gasteiger partial charge in [-0.2, -0.15) is 0 Å². The van der Waals surface area contributed by atoms with Crippen molar-refractivity contribution in [2.75, 3.05) is 0 Å². The van der Waals surface area contributed by atoms with E-state index in [1.54, 1.807) is 0 Å². The Labute approximate surface area is 143 Å². The van der Waals surface area contributed by atoms with E-state index in [1.807, 2.05) is 13.8 Å². The Bertz CT molecular complexity index is 398. The Balaban J connectivity index is 0.000000231. The average Bonchev–Trinajstić information content (AvgIpc) is 3.26. The number of carbonyl (C=O) groups is 2. The molecule has 0 spiro atoms. The van der Waals surface area contributed by atoms with E-state index in [-0.39, 0.29) is 10.8 Å². The largest absolute Gasteiger partial charge is 0.303 e. The molecular weight excluding hydrogens is 284 g/mol. The van der Waals surface area contributed by atoms with Crippen molar-refractivity contribution in [3.8, 4) is 0 Å². The topological polar surface area (TPSA) is 34.1 Å². The molecule has 2 nitrogen and oxygen atoms in total. The fourth-order valence-corrected chi connectivity index (χ4v) is 2.80. The molecule has 23 heavy (non-hydrogen) atoms. The zero-order valence-corrected chi connectivity index (χ0v) is 16.4. The van der Waals surface area contributed by atoms with Gasteiger partial charge in [0, 0.05) is 16.7 Å². The third-order valence-corrected chi connectivity index (χ3v) is 6.51. The Morgan fingerprint density at radius 3 is 1.87 bits per heavy atom. The van der Waals surface area contributed by atoms with Crippen molar-refractivity contribution in [2.45, 2.75) is 87.0 Å². The summed E-state index contributed by atoms with van der Waals surface area (Å²) in [5.74, 6) is 2.81. The quantitative estimate of drug-likeness (QED) is 0.565. The van der Waals surface area contributed by atoms with Crippen LogP contribution in [0.1, 0.15) is 87.0 Å². The fourth-order valence-electron chi connectivity index (χ4n) is 2.80. The van der Waals surface area contributed by atoms with Gasteiger partial charge in [-0.3, -0.25) is 4.79 Å². The summed E-state index contributed by atoms with van der Waals surface area (Å²) in [6.45, 7) is 14.7. The highest BCUT2D eigenvalue weighted by atomic mass is 16.1. The Morgan fingerprint density at radius 1 is 1.04 bits per heavy atom. The molecule has 0 aromatic carbocycles. The van der Waals surface area contributed by atoms with Gasteiger partial charge in [-0.05, 0) is 37.0 Å². The maximum Gasteiger partial charge on any atom is 0.141 e. The van der Waals surface area contributed by atoms with Crippen molar-refractivity contribution in [2.24, 2.45) is 34.5 Å². The Hall–Kier alpha value is -0.660. The number of aldehydes is 1. The van der Waals surface area contributed by atoms with Gasteiger partial charge < -0.3 is 4.79 Å². The Morgan fingerprint density at radius 2 is 1.57 bits per heavy atom. The first kappa shape index (κ1) is 20.4. The molecule has 2 aliphatic carbocycles. The molecule has 2 aliphatic rings. The van der Waals surface area contributed by atoms with Crippen molar-refractivity contribution < 1.29 is 9.59 Å². The molecule has 0 aromatic rings. The molecule has 0 N–H and O–H groups in total. The lowest BCUT2D eigenvalue weighted by molar-refractivity contribution is -0.130. The number of Topliss-reactive ketones (excluding diaryl/α,β-unsaturated/α-hetero) is 1. The smallest absolute Gasteiger partial charge is 0.141 e. The lowest BCUT2D eigenvalue weighted by Gasteiger charge is -2.33. The number of rotatable bonds is 7. The van der Waals surface area contributed by atoms with Crippen molar-refractivity contribution in [1.82, 2.24) is 0 Å². The van der Waals surface area contributed by atoms with Crippen molar-refractivity contribution in [1.29, 1.82) is 0 Å². The van der Waals surface area contributed by atoms with Crippen LogP contribution in [-0.2, 0) is 9.59 Å². The normalized spacial score (nSPS) is 20.3. The van der Waals surface area contributed by atoms with Gasteiger partial charge in [-0.15, -0.1) is 0 Å². The molecule has 0 aromatic heterocycles. The van der Waals surface area contributed by atoms with Crippen LogP contribution in [0.2, 0.25) is 0 Å². The van der Waals surface area contributed by atoms with E-state index in [0.717, 1.165) is 25.0 Å². The van der Waals surface area contributed by atoms with E-state index >= 15 is 0 Å². The van der Waals surface area contributed by atoms with Crippen LogP contribution in [0.25, 0.3) is 0 Å². The van der Waals surface area contributed by atoms with Crippen molar-refractivity contribution in [3.63, 3.8) is 0 Å². The van der Waals surface area contributed by atoms with Gasteiger partial charge in [-0.1, -0.05) is 67.7 Å². The molecule has 0 unspecified atom stereocenters. The molecule has 0 amide bonds. The molecule has 0 saturated heterocycles. The summed E-state index contributed by atoms with van der Waals surface area (Å²) in [6, 6.07) is 0. The summed E-state index contributed by atoms with van der Waals surface area (Å²) in [5.41, 5.74) is -0.212. The second-order valence-electron chi connectivity index (χ2n) is 9.39. The minimum atomic E-state index is -0.115. The summed E-state index contributed by atoms with van der Waals surface area (Å²) in [7, 11) is 0. The van der Waals surface area contributed by atoms with Crippen LogP contribution in [-0.4, -0.2) is 12.1 Å². The maximum atomic E-state index is 11.7. The van der Waals surface area contributed by atoms with Gasteiger partial charge in [0.15, 0.2) is 0 Å². The van der Waals surface area contributed by atoms with Crippen LogP contribution >= 0.6 is 0 Å². The van der Waals surface area contributed by atoms with Crippen LogP contribution in [0.3, 0.4) is 0 Å². The van der Waals surface area contributed by atoms with E-state index in [1.165, 1.54) is 25.7 Å². The van der Waals surface area contributed by atoms with Crippen LogP contribution in [0.4, 0.5) is 0 Å². The number of ketones is 1. The third kappa shape index (κ3) is 5.72. The summed E-state index contributed by atoms with van der Waals surface area (Å²) < 4.78 is 0. The monoisotopic (exact) mass is 322 g/mol. The molecule has 2 rings (SSSR count). The zero-order valence-electron chi connectivity index (χ0n) is 16.4. The fraction of sp³-hybridized carbons (Fsp3) is 0.905. The van der Waals surface area contributed by atoms with Crippen molar-refractivity contribution >= 4 is 12.1 Å². The lowest BCUT2D eigenvalue weighted by Crippen LogP contribution is -2.31. The minimum Gasteiger partial charge on any atom is -0.303 e. The predicted molar refractivity (Wildman–Crippen MR) is 97.3 cm³/mol. The molecule has 0 bridgehead atoms. The highest BCUT2D eigenvalue weighted by molar-refractivity contribution is 5.88. The van der Waals surface area contributed by atoms with Gasteiger partial charge in [0.25, 0.3) is 0 Å². The summed E-state index contributed by atoms with van der Waals surface area (Å²) >= 11 is 0. The van der Waals surface area contributed by atoms with Gasteiger partial charge in [0.1, 0.15) is 12.1 Å². The first-order valence-corrected chi connectivity index (χ1v) is 9.53. The first-order valence-electron chi connectivity index (χ1n) is 9.53. The van der Waals surface area contributed by atoms with E-state index < -0.39 is 0 Å². The average molecular weight is 323 g/mol. The number of hydrogen-bond donors (Lipinski definition) is 0. The van der Waals surface area contributed by atoms with Crippen LogP contribution < -0.4 is 0 Å².